The van der Waals surface area contributed by atoms with Crippen molar-refractivity contribution in [3.63, 3.8) is 0 Å². The SMILES string of the molecule is CCOC1=[C]([Zr+2][C]2=C(OCC)C(O[Si](C)(C)C)=CC2)CC=C1O[Si](C)(C)C.[Cl-].[Cl-]. The Morgan fingerprint density at radius 1 is 0.724 bits per heavy atom. The van der Waals surface area contributed by atoms with Gasteiger partial charge in [-0.3, -0.25) is 0 Å². The van der Waals surface area contributed by atoms with E-state index in [4.69, 9.17) is 18.3 Å². The van der Waals surface area contributed by atoms with E-state index in [0.29, 0.717) is 13.2 Å². The van der Waals surface area contributed by atoms with Gasteiger partial charge >= 0.3 is 179 Å². The molecule has 0 aromatic rings. The normalized spacial score (nSPS) is 16.4. The number of hydrogen-bond acceptors (Lipinski definition) is 4. The van der Waals surface area contributed by atoms with Crippen LogP contribution in [0, 0.1) is 0 Å². The molecule has 0 bridgehead atoms. The fourth-order valence-corrected chi connectivity index (χ4v) is 7.99. The van der Waals surface area contributed by atoms with E-state index in [-0.39, 0.29) is 24.8 Å². The Kier molecular flexibility index (Phi) is 12.2. The van der Waals surface area contributed by atoms with Crippen LogP contribution in [0.5, 0.6) is 0 Å². The fourth-order valence-electron chi connectivity index (χ4n) is 2.90. The smallest absolute Gasteiger partial charge is 1.00 e. The molecule has 0 fully saturated rings. The first kappa shape index (κ1) is 29.1. The van der Waals surface area contributed by atoms with Crippen molar-refractivity contribution in [1.29, 1.82) is 0 Å². The van der Waals surface area contributed by atoms with Gasteiger partial charge in [-0.15, -0.1) is 0 Å². The van der Waals surface area contributed by atoms with Crippen LogP contribution in [0.1, 0.15) is 26.7 Å². The van der Waals surface area contributed by atoms with E-state index < -0.39 is 39.9 Å². The Hall–Kier alpha value is 0.0569. The molecule has 0 aliphatic heterocycles. The Morgan fingerprint density at radius 2 is 1.07 bits per heavy atom. The molecule has 164 valence electrons. The van der Waals surface area contributed by atoms with Gasteiger partial charge in [0.1, 0.15) is 0 Å². The Bertz CT molecular complexity index is 632. The maximum atomic E-state index is 6.28. The summed E-state index contributed by atoms with van der Waals surface area (Å²) >= 11 is -1.00. The molecule has 0 spiro atoms. The molecule has 9 heteroatoms. The molecule has 0 amide bonds. The van der Waals surface area contributed by atoms with E-state index in [1.165, 1.54) is 6.56 Å². The van der Waals surface area contributed by atoms with Crippen molar-refractivity contribution in [2.75, 3.05) is 13.2 Å². The molecule has 0 atom stereocenters. The number of hydrogen-bond donors (Lipinski definition) is 0. The van der Waals surface area contributed by atoms with Crippen LogP contribution in [0.3, 0.4) is 0 Å². The van der Waals surface area contributed by atoms with Gasteiger partial charge in [-0.25, -0.2) is 0 Å². The molecule has 0 saturated carbocycles. The molecule has 0 aromatic carbocycles. The van der Waals surface area contributed by atoms with Crippen molar-refractivity contribution in [3.8, 4) is 0 Å². The zero-order valence-electron chi connectivity index (χ0n) is 18.9. The summed E-state index contributed by atoms with van der Waals surface area (Å²) in [5.41, 5.74) is 0. The van der Waals surface area contributed by atoms with E-state index in [2.05, 4.69) is 51.4 Å². The van der Waals surface area contributed by atoms with E-state index in [1.54, 1.807) is 0 Å². The molecule has 0 heterocycles. The molecule has 2 rings (SSSR count). The first-order chi connectivity index (χ1) is 12.5. The summed E-state index contributed by atoms with van der Waals surface area (Å²) in [4.78, 5) is 0. The van der Waals surface area contributed by atoms with Crippen molar-refractivity contribution < 1.29 is 66.4 Å². The van der Waals surface area contributed by atoms with Gasteiger partial charge in [0.25, 0.3) is 0 Å². The third-order valence-electron chi connectivity index (χ3n) is 3.69. The van der Waals surface area contributed by atoms with Gasteiger partial charge in [-0.1, -0.05) is 0 Å². The second-order valence-corrected chi connectivity index (χ2v) is 21.0. The number of ether oxygens (including phenoxy) is 2. The predicted molar refractivity (Wildman–Crippen MR) is 112 cm³/mol. The van der Waals surface area contributed by atoms with Gasteiger partial charge in [0.05, 0.1) is 0 Å². The summed E-state index contributed by atoms with van der Waals surface area (Å²) in [7, 11) is -3.31. The van der Waals surface area contributed by atoms with Gasteiger partial charge in [0.15, 0.2) is 0 Å². The van der Waals surface area contributed by atoms with Crippen LogP contribution in [0.25, 0.3) is 0 Å². The summed E-state index contributed by atoms with van der Waals surface area (Å²) in [6, 6.07) is 0. The van der Waals surface area contributed by atoms with Crippen LogP contribution < -0.4 is 24.8 Å². The molecule has 29 heavy (non-hydrogen) atoms. The largest absolute Gasteiger partial charge is 1.00 e. The molecular formula is C20H34Cl2O4Si2Zr. The van der Waals surface area contributed by atoms with E-state index in [1.807, 2.05) is 13.8 Å². The Morgan fingerprint density at radius 3 is 1.34 bits per heavy atom. The maximum Gasteiger partial charge on any atom is -1.00 e. The zero-order chi connectivity index (χ0) is 20.2. The van der Waals surface area contributed by atoms with Crippen molar-refractivity contribution in [2.45, 2.75) is 66.0 Å². The summed E-state index contributed by atoms with van der Waals surface area (Å²) < 4.78 is 27.5. The topological polar surface area (TPSA) is 36.9 Å². The van der Waals surface area contributed by atoms with Gasteiger partial charge in [-0.2, -0.15) is 0 Å². The van der Waals surface area contributed by atoms with Gasteiger partial charge in [0, 0.05) is 0 Å². The standard InChI is InChI=1S/2C10H17O2Si.2ClH.Zr/c2*1-5-11-9-7-6-8-10(9)12-13(2,3)4;;;/h2*8H,5-6H2,1-4H3;2*1H;/q;;;;+2/p-2. The predicted octanol–water partition coefficient (Wildman–Crippen LogP) is -0.149. The Balaban J connectivity index is 0.00000392. The fraction of sp³-hybridized carbons (Fsp3) is 0.600. The van der Waals surface area contributed by atoms with Crippen molar-refractivity contribution in [2.24, 2.45) is 0 Å². The van der Waals surface area contributed by atoms with Crippen LogP contribution in [-0.2, 0) is 41.6 Å². The summed E-state index contributed by atoms with van der Waals surface area (Å²) in [6.45, 7) is 18.7. The molecule has 0 aromatic heterocycles. The van der Waals surface area contributed by atoms with Crippen molar-refractivity contribution >= 4 is 16.6 Å². The zero-order valence-corrected chi connectivity index (χ0v) is 24.8. The molecular weight excluding hydrogens is 523 g/mol. The second-order valence-electron chi connectivity index (χ2n) is 8.58. The van der Waals surface area contributed by atoms with E-state index in [9.17, 15) is 0 Å². The number of halogens is 2. The van der Waals surface area contributed by atoms with Gasteiger partial charge in [0.2, 0.25) is 0 Å². The molecule has 2 aliphatic carbocycles. The first-order valence-electron chi connectivity index (χ1n) is 9.82. The number of allylic oxidation sites excluding steroid dienone is 4. The number of rotatable bonds is 10. The van der Waals surface area contributed by atoms with Crippen LogP contribution in [0.15, 0.2) is 41.8 Å². The molecule has 0 N–H and O–H groups in total. The first-order valence-corrected chi connectivity index (χ1v) is 19.1. The van der Waals surface area contributed by atoms with E-state index in [0.717, 1.165) is 35.9 Å². The van der Waals surface area contributed by atoms with Crippen LogP contribution in [-0.4, -0.2) is 29.8 Å². The molecule has 0 saturated heterocycles. The maximum absolute atomic E-state index is 6.28. The van der Waals surface area contributed by atoms with Crippen molar-refractivity contribution in [1.82, 2.24) is 0 Å². The van der Waals surface area contributed by atoms with Gasteiger partial charge < -0.3 is 24.8 Å². The molecule has 0 radical (unpaired) electrons. The molecule has 0 unspecified atom stereocenters. The minimum atomic E-state index is -1.66. The minimum absolute atomic E-state index is 0. The van der Waals surface area contributed by atoms with E-state index >= 15 is 0 Å². The Labute approximate surface area is 202 Å². The average molecular weight is 557 g/mol. The quantitative estimate of drug-likeness (QED) is 0.351. The average Bonchev–Trinajstić information content (AvgIpc) is 3.04. The summed E-state index contributed by atoms with van der Waals surface area (Å²) in [5, 5.41) is 0. The second kappa shape index (κ2) is 12.2. The third-order valence-corrected chi connectivity index (χ3v) is 8.96. The monoisotopic (exact) mass is 554 g/mol. The summed E-state index contributed by atoms with van der Waals surface area (Å²) in [5.74, 6) is 3.95. The minimum Gasteiger partial charge on any atom is -1.00 e. The van der Waals surface area contributed by atoms with Crippen LogP contribution in [0.4, 0.5) is 0 Å². The molecule has 2 aliphatic rings. The summed E-state index contributed by atoms with van der Waals surface area (Å²) in [6.07, 6.45) is 6.33. The van der Waals surface area contributed by atoms with Crippen molar-refractivity contribution in [3.05, 3.63) is 41.8 Å². The van der Waals surface area contributed by atoms with Crippen LogP contribution >= 0.6 is 0 Å². The van der Waals surface area contributed by atoms with Gasteiger partial charge in [-0.05, 0) is 0 Å². The third kappa shape index (κ3) is 8.98. The van der Waals surface area contributed by atoms with Crippen LogP contribution in [0.2, 0.25) is 39.3 Å². The molecule has 4 nitrogen and oxygen atoms in total.